The smallest absolute Gasteiger partial charge is 0.418 e. The van der Waals surface area contributed by atoms with Crippen LogP contribution >= 0.6 is 0 Å². The summed E-state index contributed by atoms with van der Waals surface area (Å²) in [4.78, 5) is 14.2. The van der Waals surface area contributed by atoms with Gasteiger partial charge in [-0.05, 0) is 0 Å². The number of pyridine rings is 1. The molecule has 9 heteroatoms. The van der Waals surface area contributed by atoms with Crippen LogP contribution in [0.5, 0.6) is 0 Å². The SMILES string of the molecule is COC(=O)c1cnc(C(F)F)c(C#N)c1C(F)(F)F. The van der Waals surface area contributed by atoms with Crippen LogP contribution in [-0.2, 0) is 10.9 Å². The molecule has 0 spiro atoms. The lowest BCUT2D eigenvalue weighted by Gasteiger charge is -2.14. The van der Waals surface area contributed by atoms with Gasteiger partial charge >= 0.3 is 12.1 Å². The van der Waals surface area contributed by atoms with Crippen LogP contribution in [-0.4, -0.2) is 18.1 Å². The van der Waals surface area contributed by atoms with Crippen molar-refractivity contribution in [1.82, 2.24) is 4.98 Å². The highest BCUT2D eigenvalue weighted by Gasteiger charge is 2.41. The topological polar surface area (TPSA) is 63.0 Å². The highest BCUT2D eigenvalue weighted by molar-refractivity contribution is 5.91. The second-order valence-electron chi connectivity index (χ2n) is 3.21. The van der Waals surface area contributed by atoms with Gasteiger partial charge in [0.15, 0.2) is 0 Å². The van der Waals surface area contributed by atoms with Crippen LogP contribution in [0.25, 0.3) is 0 Å². The molecule has 0 fully saturated rings. The normalized spacial score (nSPS) is 11.3. The van der Waals surface area contributed by atoms with Gasteiger partial charge in [0.1, 0.15) is 11.8 Å². The Kier molecular flexibility index (Phi) is 4.04. The van der Waals surface area contributed by atoms with Gasteiger partial charge in [-0.25, -0.2) is 13.6 Å². The van der Waals surface area contributed by atoms with Gasteiger partial charge in [-0.1, -0.05) is 0 Å². The third-order valence-corrected chi connectivity index (χ3v) is 2.12. The first-order chi connectivity index (χ1) is 8.73. The van der Waals surface area contributed by atoms with E-state index in [-0.39, 0.29) is 0 Å². The molecule has 0 N–H and O–H groups in total. The van der Waals surface area contributed by atoms with Crippen molar-refractivity contribution in [3.8, 4) is 6.07 Å². The van der Waals surface area contributed by atoms with Crippen molar-refractivity contribution in [1.29, 1.82) is 5.26 Å². The zero-order chi connectivity index (χ0) is 14.8. The average Bonchev–Trinajstić information content (AvgIpc) is 2.34. The van der Waals surface area contributed by atoms with Crippen LogP contribution in [0.3, 0.4) is 0 Å². The average molecular weight is 280 g/mol. The van der Waals surface area contributed by atoms with Gasteiger partial charge in [0.25, 0.3) is 6.43 Å². The Morgan fingerprint density at radius 1 is 1.47 bits per heavy atom. The van der Waals surface area contributed by atoms with E-state index in [0.717, 1.165) is 13.2 Å². The maximum atomic E-state index is 12.8. The van der Waals surface area contributed by atoms with E-state index in [1.54, 1.807) is 0 Å². The van der Waals surface area contributed by atoms with Crippen LogP contribution < -0.4 is 0 Å². The van der Waals surface area contributed by atoms with E-state index in [4.69, 9.17) is 5.26 Å². The molecule has 0 bridgehead atoms. The second-order valence-corrected chi connectivity index (χ2v) is 3.21. The summed E-state index contributed by atoms with van der Waals surface area (Å²) in [5.74, 6) is -1.42. The molecule has 4 nitrogen and oxygen atoms in total. The van der Waals surface area contributed by atoms with E-state index in [1.165, 1.54) is 0 Å². The van der Waals surface area contributed by atoms with Crippen molar-refractivity contribution in [2.45, 2.75) is 12.6 Å². The van der Waals surface area contributed by atoms with Gasteiger partial charge in [0, 0.05) is 6.20 Å². The standard InChI is InChI=1S/C10H5F5N2O2/c1-19-9(18)5-3-17-7(8(11)12)4(2-16)6(5)10(13,14)15/h3,8H,1H3. The number of esters is 1. The lowest BCUT2D eigenvalue weighted by molar-refractivity contribution is -0.138. The molecule has 0 aromatic carbocycles. The summed E-state index contributed by atoms with van der Waals surface area (Å²) >= 11 is 0. The van der Waals surface area contributed by atoms with E-state index in [0.29, 0.717) is 6.20 Å². The van der Waals surface area contributed by atoms with Crippen molar-refractivity contribution < 1.29 is 31.5 Å². The third kappa shape index (κ3) is 2.78. The molecule has 0 aliphatic carbocycles. The predicted molar refractivity (Wildman–Crippen MR) is 50.3 cm³/mol. The molecule has 0 saturated carbocycles. The maximum Gasteiger partial charge on any atom is 0.418 e. The molecule has 102 valence electrons. The predicted octanol–water partition coefficient (Wildman–Crippen LogP) is 2.70. The summed E-state index contributed by atoms with van der Waals surface area (Å²) in [6.07, 6.45) is -8.22. The number of rotatable bonds is 2. The van der Waals surface area contributed by atoms with Gasteiger partial charge < -0.3 is 4.74 Å². The third-order valence-electron chi connectivity index (χ3n) is 2.12. The molecular formula is C10H5F5N2O2. The number of ether oxygens (including phenoxy) is 1. The van der Waals surface area contributed by atoms with Crippen LogP contribution in [0, 0.1) is 11.3 Å². The fraction of sp³-hybridized carbons (Fsp3) is 0.300. The van der Waals surface area contributed by atoms with E-state index in [1.807, 2.05) is 0 Å². The minimum Gasteiger partial charge on any atom is -0.465 e. The molecule has 0 aliphatic rings. The molecule has 1 aromatic heterocycles. The number of alkyl halides is 5. The highest BCUT2D eigenvalue weighted by atomic mass is 19.4. The van der Waals surface area contributed by atoms with Crippen LogP contribution in [0.2, 0.25) is 0 Å². The van der Waals surface area contributed by atoms with Gasteiger partial charge in [-0.15, -0.1) is 0 Å². The van der Waals surface area contributed by atoms with Crippen molar-refractivity contribution in [3.05, 3.63) is 28.6 Å². The number of hydrogen-bond donors (Lipinski definition) is 0. The summed E-state index contributed by atoms with van der Waals surface area (Å²) in [7, 11) is 0.815. The fourth-order valence-electron chi connectivity index (χ4n) is 1.36. The Morgan fingerprint density at radius 3 is 2.42 bits per heavy atom. The Balaban J connectivity index is 3.72. The monoisotopic (exact) mass is 280 g/mol. The van der Waals surface area contributed by atoms with E-state index in [9.17, 15) is 26.7 Å². The molecule has 0 atom stereocenters. The van der Waals surface area contributed by atoms with Gasteiger partial charge in [-0.3, -0.25) is 4.98 Å². The summed E-state index contributed by atoms with van der Waals surface area (Å²) in [5, 5.41) is 8.61. The van der Waals surface area contributed by atoms with Crippen molar-refractivity contribution in [3.63, 3.8) is 0 Å². The van der Waals surface area contributed by atoms with E-state index in [2.05, 4.69) is 9.72 Å². The molecule has 1 heterocycles. The second kappa shape index (κ2) is 5.17. The maximum absolute atomic E-state index is 12.8. The molecular weight excluding hydrogens is 275 g/mol. The first-order valence-electron chi connectivity index (χ1n) is 4.60. The summed E-state index contributed by atoms with van der Waals surface area (Å²) in [6, 6.07) is 1.00. The Morgan fingerprint density at radius 2 is 2.05 bits per heavy atom. The lowest BCUT2D eigenvalue weighted by Crippen LogP contribution is -2.19. The molecule has 1 aromatic rings. The van der Waals surface area contributed by atoms with E-state index >= 15 is 0 Å². The van der Waals surface area contributed by atoms with E-state index < -0.39 is 41.0 Å². The number of aromatic nitrogens is 1. The van der Waals surface area contributed by atoms with Crippen molar-refractivity contribution >= 4 is 5.97 Å². The number of nitriles is 1. The molecule has 0 unspecified atom stereocenters. The summed E-state index contributed by atoms with van der Waals surface area (Å²) < 4.78 is 67.5. The minimum absolute atomic E-state index is 0.316. The Hall–Kier alpha value is -2.24. The summed E-state index contributed by atoms with van der Waals surface area (Å²) in [6.45, 7) is 0. The van der Waals surface area contributed by atoms with Crippen molar-refractivity contribution in [2.75, 3.05) is 7.11 Å². The van der Waals surface area contributed by atoms with Gasteiger partial charge in [-0.2, -0.15) is 18.4 Å². The largest absolute Gasteiger partial charge is 0.465 e. The van der Waals surface area contributed by atoms with Crippen LogP contribution in [0.15, 0.2) is 6.20 Å². The first-order valence-corrected chi connectivity index (χ1v) is 4.60. The summed E-state index contributed by atoms with van der Waals surface area (Å²) in [5.41, 5.74) is -5.57. The highest BCUT2D eigenvalue weighted by Crippen LogP contribution is 2.37. The minimum atomic E-state index is -5.17. The zero-order valence-electron chi connectivity index (χ0n) is 9.26. The molecule has 19 heavy (non-hydrogen) atoms. The quantitative estimate of drug-likeness (QED) is 0.617. The number of hydrogen-bond acceptors (Lipinski definition) is 4. The van der Waals surface area contributed by atoms with Crippen molar-refractivity contribution in [2.24, 2.45) is 0 Å². The lowest BCUT2D eigenvalue weighted by atomic mass is 10.0. The fourth-order valence-corrected chi connectivity index (χ4v) is 1.36. The molecule has 0 aliphatic heterocycles. The van der Waals surface area contributed by atoms with Crippen LogP contribution in [0.1, 0.15) is 33.6 Å². The van der Waals surface area contributed by atoms with Gasteiger partial charge in [0.05, 0.1) is 23.8 Å². The number of carbonyl (C=O) groups is 1. The molecule has 0 amide bonds. The first kappa shape index (κ1) is 14.8. The number of methoxy groups -OCH3 is 1. The molecule has 0 saturated heterocycles. The molecule has 0 radical (unpaired) electrons. The zero-order valence-corrected chi connectivity index (χ0v) is 9.26. The number of halogens is 5. The van der Waals surface area contributed by atoms with Gasteiger partial charge in [0.2, 0.25) is 0 Å². The number of carbonyl (C=O) groups excluding carboxylic acids is 1. The van der Waals surface area contributed by atoms with Crippen LogP contribution in [0.4, 0.5) is 22.0 Å². The molecule has 1 rings (SSSR count). The Bertz CT molecular complexity index is 548. The number of nitrogens with zero attached hydrogens (tertiary/aromatic N) is 2. The Labute approximate surface area is 103 Å².